The van der Waals surface area contributed by atoms with E-state index in [0.717, 1.165) is 5.69 Å². The number of carboxylic acid groups (broad SMARTS) is 1. The Morgan fingerprint density at radius 1 is 1.35 bits per heavy atom. The number of urea groups is 1. The summed E-state index contributed by atoms with van der Waals surface area (Å²) in [5, 5.41) is 14.0. The summed E-state index contributed by atoms with van der Waals surface area (Å²) >= 11 is 0. The van der Waals surface area contributed by atoms with Gasteiger partial charge in [-0.15, -0.1) is 0 Å². The minimum absolute atomic E-state index is 0.120. The molecule has 1 rings (SSSR count). The molecular weight excluding hydrogens is 262 g/mol. The van der Waals surface area contributed by atoms with Crippen LogP contribution in [-0.2, 0) is 11.3 Å². The second kappa shape index (κ2) is 6.93. The van der Waals surface area contributed by atoms with E-state index in [1.54, 1.807) is 6.92 Å². The molecule has 1 heterocycles. The molecule has 0 fully saturated rings. The number of oxazole rings is 1. The number of aryl methyl sites for hydroxylation is 2. The summed E-state index contributed by atoms with van der Waals surface area (Å²) in [7, 11) is 0. The summed E-state index contributed by atoms with van der Waals surface area (Å²) in [6.45, 7) is 7.51. The Labute approximate surface area is 117 Å². The normalized spacial score (nSPS) is 12.2. The molecule has 7 heteroatoms. The van der Waals surface area contributed by atoms with Crippen LogP contribution in [0.4, 0.5) is 4.79 Å². The smallest absolute Gasteiger partial charge is 0.326 e. The van der Waals surface area contributed by atoms with Crippen molar-refractivity contribution in [3.63, 3.8) is 0 Å². The zero-order valence-electron chi connectivity index (χ0n) is 12.2. The maximum Gasteiger partial charge on any atom is 0.326 e. The SMILES string of the molecule is Cc1nc(CNC(=O)N[C@H](CC(C)C)C(=O)O)oc1C. The van der Waals surface area contributed by atoms with Crippen molar-refractivity contribution >= 4 is 12.0 Å². The van der Waals surface area contributed by atoms with Gasteiger partial charge in [0, 0.05) is 0 Å². The van der Waals surface area contributed by atoms with Crippen molar-refractivity contribution in [3.05, 3.63) is 17.3 Å². The number of carbonyl (C=O) groups is 2. The third-order valence-electron chi connectivity index (χ3n) is 2.78. The highest BCUT2D eigenvalue weighted by Crippen LogP contribution is 2.08. The molecular formula is C13H21N3O4. The quantitative estimate of drug-likeness (QED) is 0.735. The minimum atomic E-state index is -1.04. The Hall–Kier alpha value is -2.05. The van der Waals surface area contributed by atoms with Crippen LogP contribution in [0.5, 0.6) is 0 Å². The number of amides is 2. The summed E-state index contributed by atoms with van der Waals surface area (Å²) in [5.74, 6) is 0.224. The average Bonchev–Trinajstić information content (AvgIpc) is 2.65. The Bertz CT molecular complexity index is 462. The van der Waals surface area contributed by atoms with Crippen molar-refractivity contribution in [3.8, 4) is 0 Å². The van der Waals surface area contributed by atoms with Gasteiger partial charge in [-0.25, -0.2) is 14.6 Å². The molecule has 0 radical (unpaired) electrons. The lowest BCUT2D eigenvalue weighted by Gasteiger charge is -2.16. The van der Waals surface area contributed by atoms with Crippen molar-refractivity contribution < 1.29 is 19.1 Å². The van der Waals surface area contributed by atoms with Crippen LogP contribution >= 0.6 is 0 Å². The predicted octanol–water partition coefficient (Wildman–Crippen LogP) is 1.59. The van der Waals surface area contributed by atoms with Gasteiger partial charge in [-0.3, -0.25) is 0 Å². The van der Waals surface area contributed by atoms with Gasteiger partial charge in [-0.2, -0.15) is 0 Å². The van der Waals surface area contributed by atoms with Gasteiger partial charge in [0.05, 0.1) is 12.2 Å². The summed E-state index contributed by atoms with van der Waals surface area (Å²) in [5.41, 5.74) is 0.769. The van der Waals surface area contributed by atoms with Crippen molar-refractivity contribution in [2.24, 2.45) is 5.92 Å². The molecule has 0 unspecified atom stereocenters. The summed E-state index contributed by atoms with van der Waals surface area (Å²) < 4.78 is 5.31. The van der Waals surface area contributed by atoms with Crippen molar-refractivity contribution in [1.29, 1.82) is 0 Å². The lowest BCUT2D eigenvalue weighted by atomic mass is 10.0. The highest BCUT2D eigenvalue weighted by atomic mass is 16.4. The van der Waals surface area contributed by atoms with Gasteiger partial charge in [-0.05, 0) is 26.2 Å². The monoisotopic (exact) mass is 283 g/mol. The Kier molecular flexibility index (Phi) is 5.54. The van der Waals surface area contributed by atoms with Crippen LogP contribution in [0.25, 0.3) is 0 Å². The molecule has 7 nitrogen and oxygen atoms in total. The molecule has 0 aliphatic heterocycles. The fourth-order valence-corrected chi connectivity index (χ4v) is 1.67. The molecule has 20 heavy (non-hydrogen) atoms. The molecule has 0 aliphatic carbocycles. The summed E-state index contributed by atoms with van der Waals surface area (Å²) in [6, 6.07) is -1.45. The molecule has 0 saturated heterocycles. The van der Waals surface area contributed by atoms with E-state index in [2.05, 4.69) is 15.6 Å². The van der Waals surface area contributed by atoms with E-state index in [1.807, 2.05) is 20.8 Å². The molecule has 112 valence electrons. The van der Waals surface area contributed by atoms with Crippen molar-refractivity contribution in [2.45, 2.75) is 46.7 Å². The standard InChI is InChI=1S/C13H21N3O4/c1-7(2)5-10(12(17)18)16-13(19)14-6-11-15-8(3)9(4)20-11/h7,10H,5-6H2,1-4H3,(H,17,18)(H2,14,16,19)/t10-/m1/s1. The second-order valence-corrected chi connectivity index (χ2v) is 5.10. The van der Waals surface area contributed by atoms with E-state index in [4.69, 9.17) is 9.52 Å². The molecule has 0 bridgehead atoms. The molecule has 0 spiro atoms. The van der Waals surface area contributed by atoms with E-state index < -0.39 is 18.0 Å². The number of nitrogens with one attached hydrogen (secondary N) is 2. The third kappa shape index (κ3) is 4.91. The highest BCUT2D eigenvalue weighted by Gasteiger charge is 2.21. The first-order valence-electron chi connectivity index (χ1n) is 6.49. The van der Waals surface area contributed by atoms with Gasteiger partial charge in [0.1, 0.15) is 11.8 Å². The van der Waals surface area contributed by atoms with E-state index in [-0.39, 0.29) is 12.5 Å². The average molecular weight is 283 g/mol. The number of nitrogens with zero attached hydrogens (tertiary/aromatic N) is 1. The van der Waals surface area contributed by atoms with E-state index in [1.165, 1.54) is 0 Å². The zero-order valence-corrected chi connectivity index (χ0v) is 12.2. The van der Waals surface area contributed by atoms with Crippen molar-refractivity contribution in [2.75, 3.05) is 0 Å². The Morgan fingerprint density at radius 3 is 2.45 bits per heavy atom. The fraction of sp³-hybridized carbons (Fsp3) is 0.615. The van der Waals surface area contributed by atoms with Crippen molar-refractivity contribution in [1.82, 2.24) is 15.6 Å². The summed E-state index contributed by atoms with van der Waals surface area (Å²) in [4.78, 5) is 26.8. The lowest BCUT2D eigenvalue weighted by molar-refractivity contribution is -0.139. The van der Waals surface area contributed by atoms with Gasteiger partial charge in [0.25, 0.3) is 0 Å². The molecule has 1 atom stereocenters. The first-order chi connectivity index (χ1) is 9.29. The zero-order chi connectivity index (χ0) is 15.3. The number of aromatic nitrogens is 1. The molecule has 0 saturated carbocycles. The van der Waals surface area contributed by atoms with Gasteiger partial charge in [0.2, 0.25) is 5.89 Å². The first-order valence-corrected chi connectivity index (χ1v) is 6.49. The number of carboxylic acids is 1. The number of hydrogen-bond donors (Lipinski definition) is 3. The maximum atomic E-state index is 11.6. The predicted molar refractivity (Wildman–Crippen MR) is 72.2 cm³/mol. The Balaban J connectivity index is 2.47. The van der Waals surface area contributed by atoms with Crippen LogP contribution in [0, 0.1) is 19.8 Å². The van der Waals surface area contributed by atoms with Crippen LogP contribution in [0.3, 0.4) is 0 Å². The van der Waals surface area contributed by atoms with Crippen LogP contribution < -0.4 is 10.6 Å². The molecule has 1 aromatic heterocycles. The number of hydrogen-bond acceptors (Lipinski definition) is 4. The van der Waals surface area contributed by atoms with Gasteiger partial charge >= 0.3 is 12.0 Å². The molecule has 0 aromatic carbocycles. The fourth-order valence-electron chi connectivity index (χ4n) is 1.67. The first kappa shape index (κ1) is 16.0. The van der Waals surface area contributed by atoms with Gasteiger partial charge in [0.15, 0.2) is 0 Å². The molecule has 1 aromatic rings. The molecule has 0 aliphatic rings. The lowest BCUT2D eigenvalue weighted by Crippen LogP contribution is -2.46. The Morgan fingerprint density at radius 2 is 2.00 bits per heavy atom. The molecule has 2 amide bonds. The molecule has 3 N–H and O–H groups in total. The van der Waals surface area contributed by atoms with E-state index >= 15 is 0 Å². The van der Waals surface area contributed by atoms with Crippen LogP contribution in [0.2, 0.25) is 0 Å². The number of aliphatic carboxylic acids is 1. The van der Waals surface area contributed by atoms with Crippen LogP contribution in [-0.4, -0.2) is 28.1 Å². The topological polar surface area (TPSA) is 104 Å². The highest BCUT2D eigenvalue weighted by molar-refractivity contribution is 5.82. The minimum Gasteiger partial charge on any atom is -0.480 e. The number of carbonyl (C=O) groups excluding carboxylic acids is 1. The third-order valence-corrected chi connectivity index (χ3v) is 2.78. The second-order valence-electron chi connectivity index (χ2n) is 5.10. The van der Waals surface area contributed by atoms with E-state index in [0.29, 0.717) is 18.1 Å². The van der Waals surface area contributed by atoms with E-state index in [9.17, 15) is 9.59 Å². The largest absolute Gasteiger partial charge is 0.480 e. The van der Waals surface area contributed by atoms with Crippen LogP contribution in [0.15, 0.2) is 4.42 Å². The maximum absolute atomic E-state index is 11.6. The summed E-state index contributed by atoms with van der Waals surface area (Å²) in [6.07, 6.45) is 0.375. The van der Waals surface area contributed by atoms with Crippen LogP contribution in [0.1, 0.15) is 37.6 Å². The van der Waals surface area contributed by atoms with Gasteiger partial charge < -0.3 is 20.2 Å². The number of rotatable bonds is 6. The van der Waals surface area contributed by atoms with Gasteiger partial charge in [-0.1, -0.05) is 13.8 Å².